The van der Waals surface area contributed by atoms with Crippen molar-refractivity contribution in [3.05, 3.63) is 72.1 Å². The van der Waals surface area contributed by atoms with Gasteiger partial charge in [0, 0.05) is 17.9 Å². The zero-order chi connectivity index (χ0) is 20.4. The Kier molecular flexibility index (Phi) is 7.58. The van der Waals surface area contributed by atoms with Gasteiger partial charge in [0.05, 0.1) is 12.4 Å². The number of hydrogen-bond acceptors (Lipinski definition) is 6. The van der Waals surface area contributed by atoms with E-state index >= 15 is 0 Å². The molecule has 0 amide bonds. The van der Waals surface area contributed by atoms with E-state index in [1.807, 2.05) is 42.5 Å². The van der Waals surface area contributed by atoms with Crippen LogP contribution in [0.25, 0.3) is 17.5 Å². The standard InChI is InChI=1S/C24H27N3O2S/c1-2-8-22(9-3-1)28-17-18-30-19-23-25-26-24(29-23)21-12-10-20(11-13-21)7-6-16-27-14-4-5-15-27/h1-3,6-13H,4-5,14-19H2/b7-6+. The van der Waals surface area contributed by atoms with Crippen LogP contribution in [-0.2, 0) is 5.75 Å². The monoisotopic (exact) mass is 421 g/mol. The Morgan fingerprint density at radius 3 is 2.60 bits per heavy atom. The number of hydrogen-bond donors (Lipinski definition) is 0. The van der Waals surface area contributed by atoms with Crippen LogP contribution in [-0.4, -0.2) is 47.1 Å². The summed E-state index contributed by atoms with van der Waals surface area (Å²) in [7, 11) is 0. The second kappa shape index (κ2) is 11.0. The lowest BCUT2D eigenvalue weighted by atomic mass is 10.1. The first-order valence-corrected chi connectivity index (χ1v) is 11.6. The molecule has 1 aliphatic rings. The van der Waals surface area contributed by atoms with E-state index in [-0.39, 0.29) is 0 Å². The average Bonchev–Trinajstić information content (AvgIpc) is 3.47. The zero-order valence-corrected chi connectivity index (χ0v) is 17.9. The Balaban J connectivity index is 1.20. The number of rotatable bonds is 10. The van der Waals surface area contributed by atoms with Crippen molar-refractivity contribution < 1.29 is 9.15 Å². The molecule has 156 valence electrons. The predicted molar refractivity (Wildman–Crippen MR) is 123 cm³/mol. The lowest BCUT2D eigenvalue weighted by Gasteiger charge is -2.10. The molecule has 0 aliphatic carbocycles. The molecule has 0 radical (unpaired) electrons. The number of thioether (sulfide) groups is 1. The Hall–Kier alpha value is -2.57. The van der Waals surface area contributed by atoms with Crippen molar-refractivity contribution in [3.63, 3.8) is 0 Å². The number of benzene rings is 2. The summed E-state index contributed by atoms with van der Waals surface area (Å²) in [6, 6.07) is 18.1. The molecular weight excluding hydrogens is 394 g/mol. The van der Waals surface area contributed by atoms with E-state index in [0.717, 1.165) is 23.6 Å². The van der Waals surface area contributed by atoms with Crippen molar-refractivity contribution in [2.45, 2.75) is 18.6 Å². The van der Waals surface area contributed by atoms with E-state index in [2.05, 4.69) is 39.4 Å². The minimum absolute atomic E-state index is 0.568. The highest BCUT2D eigenvalue weighted by atomic mass is 32.2. The molecule has 1 aliphatic heterocycles. The quantitative estimate of drug-likeness (QED) is 0.422. The van der Waals surface area contributed by atoms with Crippen molar-refractivity contribution in [1.29, 1.82) is 0 Å². The Morgan fingerprint density at radius 2 is 1.80 bits per heavy atom. The first-order chi connectivity index (χ1) is 14.9. The first-order valence-electron chi connectivity index (χ1n) is 10.4. The maximum atomic E-state index is 5.81. The fourth-order valence-electron chi connectivity index (χ4n) is 3.36. The number of likely N-dealkylation sites (tertiary alicyclic amines) is 1. The van der Waals surface area contributed by atoms with Gasteiger partial charge >= 0.3 is 0 Å². The van der Waals surface area contributed by atoms with Gasteiger partial charge in [-0.15, -0.1) is 22.0 Å². The molecule has 5 nitrogen and oxygen atoms in total. The molecule has 0 saturated carbocycles. The predicted octanol–water partition coefficient (Wildman–Crippen LogP) is 5.16. The van der Waals surface area contributed by atoms with Gasteiger partial charge in [0.1, 0.15) is 5.75 Å². The summed E-state index contributed by atoms with van der Waals surface area (Å²) in [6.07, 6.45) is 7.07. The maximum Gasteiger partial charge on any atom is 0.247 e. The van der Waals surface area contributed by atoms with Crippen LogP contribution in [0, 0.1) is 0 Å². The molecule has 0 bridgehead atoms. The highest BCUT2D eigenvalue weighted by Gasteiger charge is 2.10. The average molecular weight is 422 g/mol. The van der Waals surface area contributed by atoms with Crippen molar-refractivity contribution in [3.8, 4) is 17.2 Å². The fraction of sp³-hybridized carbons (Fsp3) is 0.333. The number of para-hydroxylation sites is 1. The van der Waals surface area contributed by atoms with Crippen molar-refractivity contribution in [2.24, 2.45) is 0 Å². The summed E-state index contributed by atoms with van der Waals surface area (Å²) < 4.78 is 11.5. The SMILES string of the molecule is C(=C\c1ccc(-c2nnc(CSCCOc3ccccc3)o2)cc1)/CN1CCCC1. The molecule has 30 heavy (non-hydrogen) atoms. The molecular formula is C24H27N3O2S. The van der Waals surface area contributed by atoms with Crippen molar-refractivity contribution in [2.75, 3.05) is 32.0 Å². The minimum atomic E-state index is 0.568. The van der Waals surface area contributed by atoms with Gasteiger partial charge in [-0.25, -0.2) is 0 Å². The smallest absolute Gasteiger partial charge is 0.247 e. The molecule has 0 unspecified atom stereocenters. The van der Waals surface area contributed by atoms with Crippen molar-refractivity contribution in [1.82, 2.24) is 15.1 Å². The zero-order valence-electron chi connectivity index (χ0n) is 17.1. The summed E-state index contributed by atoms with van der Waals surface area (Å²) in [5, 5.41) is 8.36. The summed E-state index contributed by atoms with van der Waals surface area (Å²) >= 11 is 1.72. The Labute approximate surface area is 182 Å². The molecule has 4 rings (SSSR count). The van der Waals surface area contributed by atoms with Crippen LogP contribution in [0.5, 0.6) is 5.75 Å². The number of aromatic nitrogens is 2. The molecule has 0 spiro atoms. The molecule has 2 heterocycles. The van der Waals surface area contributed by atoms with Crippen LogP contribution < -0.4 is 4.74 Å². The van der Waals surface area contributed by atoms with Gasteiger partial charge in [0.15, 0.2) is 0 Å². The minimum Gasteiger partial charge on any atom is -0.493 e. The highest BCUT2D eigenvalue weighted by Crippen LogP contribution is 2.21. The van der Waals surface area contributed by atoms with E-state index in [1.165, 1.54) is 31.5 Å². The third-order valence-corrected chi connectivity index (χ3v) is 5.87. The first kappa shape index (κ1) is 20.7. The molecule has 1 aromatic heterocycles. The molecule has 2 aromatic carbocycles. The highest BCUT2D eigenvalue weighted by molar-refractivity contribution is 7.98. The lowest BCUT2D eigenvalue weighted by molar-refractivity contribution is 0.344. The Bertz CT molecular complexity index is 919. The van der Waals surface area contributed by atoms with Gasteiger partial charge in [0.2, 0.25) is 11.8 Å². The van der Waals surface area contributed by atoms with Crippen LogP contribution in [0.1, 0.15) is 24.3 Å². The van der Waals surface area contributed by atoms with Crippen LogP contribution in [0.4, 0.5) is 0 Å². The summed E-state index contributed by atoms with van der Waals surface area (Å²) in [5.74, 6) is 3.66. The van der Waals surface area contributed by atoms with E-state index in [1.54, 1.807) is 11.8 Å². The van der Waals surface area contributed by atoms with E-state index in [9.17, 15) is 0 Å². The summed E-state index contributed by atoms with van der Waals surface area (Å²) in [6.45, 7) is 4.13. The van der Waals surface area contributed by atoms with Crippen LogP contribution >= 0.6 is 11.8 Å². The topological polar surface area (TPSA) is 51.4 Å². The Morgan fingerprint density at radius 1 is 1.00 bits per heavy atom. The number of nitrogens with zero attached hydrogens (tertiary/aromatic N) is 3. The van der Waals surface area contributed by atoms with Gasteiger partial charge in [0.25, 0.3) is 0 Å². The van der Waals surface area contributed by atoms with Gasteiger partial charge in [-0.1, -0.05) is 42.5 Å². The van der Waals surface area contributed by atoms with Gasteiger partial charge in [-0.05, 0) is 55.8 Å². The van der Waals surface area contributed by atoms with Gasteiger partial charge < -0.3 is 9.15 Å². The second-order valence-corrected chi connectivity index (χ2v) is 8.35. The van der Waals surface area contributed by atoms with Crippen molar-refractivity contribution >= 4 is 17.8 Å². The molecule has 0 atom stereocenters. The fourth-order valence-corrected chi connectivity index (χ4v) is 4.00. The normalized spacial score (nSPS) is 14.5. The van der Waals surface area contributed by atoms with Crippen LogP contribution in [0.3, 0.4) is 0 Å². The maximum absolute atomic E-state index is 5.81. The van der Waals surface area contributed by atoms with Crippen LogP contribution in [0.2, 0.25) is 0 Å². The third-order valence-electron chi connectivity index (χ3n) is 4.96. The largest absolute Gasteiger partial charge is 0.493 e. The van der Waals surface area contributed by atoms with Gasteiger partial charge in [-0.3, -0.25) is 4.90 Å². The summed E-state index contributed by atoms with van der Waals surface area (Å²) in [4.78, 5) is 2.48. The molecule has 1 saturated heterocycles. The molecule has 0 N–H and O–H groups in total. The third kappa shape index (κ3) is 6.21. The van der Waals surface area contributed by atoms with E-state index in [0.29, 0.717) is 24.1 Å². The van der Waals surface area contributed by atoms with Gasteiger partial charge in [-0.2, -0.15) is 0 Å². The van der Waals surface area contributed by atoms with Crippen LogP contribution in [0.15, 0.2) is 65.1 Å². The summed E-state index contributed by atoms with van der Waals surface area (Å²) in [5.41, 5.74) is 2.13. The lowest BCUT2D eigenvalue weighted by Crippen LogP contribution is -2.18. The molecule has 1 fully saturated rings. The van der Waals surface area contributed by atoms with E-state index < -0.39 is 0 Å². The molecule has 3 aromatic rings. The number of ether oxygens (including phenoxy) is 1. The second-order valence-electron chi connectivity index (χ2n) is 7.25. The molecule has 6 heteroatoms. The van der Waals surface area contributed by atoms with E-state index in [4.69, 9.17) is 9.15 Å².